The molecule has 0 unspecified atom stereocenters. The molecule has 0 spiro atoms. The number of nitrogens with two attached hydrogens (primary N) is 1. The minimum absolute atomic E-state index is 0.203. The van der Waals surface area contributed by atoms with Crippen LogP contribution in [-0.4, -0.2) is 13.0 Å². The van der Waals surface area contributed by atoms with Crippen molar-refractivity contribution in [3.05, 3.63) is 29.8 Å². The lowest BCUT2D eigenvalue weighted by atomic mass is 9.69. The zero-order chi connectivity index (χ0) is 12.3. The summed E-state index contributed by atoms with van der Waals surface area (Å²) in [6.45, 7) is 0. The Morgan fingerprint density at radius 2 is 2.00 bits per heavy atom. The van der Waals surface area contributed by atoms with E-state index in [1.165, 1.54) is 6.42 Å². The zero-order valence-electron chi connectivity index (χ0n) is 10.2. The molecule has 0 atom stereocenters. The van der Waals surface area contributed by atoms with Crippen LogP contribution in [0.4, 0.5) is 0 Å². The summed E-state index contributed by atoms with van der Waals surface area (Å²) in [6, 6.07) is 7.74. The van der Waals surface area contributed by atoms with Gasteiger partial charge in [-0.3, -0.25) is 4.79 Å². The van der Waals surface area contributed by atoms with Crippen LogP contribution in [0.15, 0.2) is 24.3 Å². The normalized spacial score (nSPS) is 18.6. The van der Waals surface area contributed by atoms with E-state index in [-0.39, 0.29) is 5.91 Å². The fourth-order valence-electron chi connectivity index (χ4n) is 2.75. The molecule has 3 nitrogen and oxygen atoms in total. The first-order valence-electron chi connectivity index (χ1n) is 6.13. The van der Waals surface area contributed by atoms with Gasteiger partial charge in [0.1, 0.15) is 5.75 Å². The smallest absolute Gasteiger partial charge is 0.228 e. The van der Waals surface area contributed by atoms with E-state index in [2.05, 4.69) is 0 Å². The molecule has 0 radical (unpaired) electrons. The second kappa shape index (κ2) is 4.78. The van der Waals surface area contributed by atoms with Crippen LogP contribution in [0.25, 0.3) is 0 Å². The highest BCUT2D eigenvalue weighted by Gasteiger charge is 2.39. The van der Waals surface area contributed by atoms with Crippen molar-refractivity contribution in [2.24, 2.45) is 5.73 Å². The van der Waals surface area contributed by atoms with Gasteiger partial charge in [0, 0.05) is 0 Å². The minimum Gasteiger partial charge on any atom is -0.497 e. The summed E-state index contributed by atoms with van der Waals surface area (Å²) in [5.41, 5.74) is 6.17. The Morgan fingerprint density at radius 3 is 2.59 bits per heavy atom. The first kappa shape index (κ1) is 12.0. The summed E-state index contributed by atoms with van der Waals surface area (Å²) in [4.78, 5) is 11.9. The Kier molecular flexibility index (Phi) is 3.36. The predicted octanol–water partition coefficient (Wildman–Crippen LogP) is 2.38. The number of ether oxygens (including phenoxy) is 1. The van der Waals surface area contributed by atoms with Crippen LogP contribution in [0.2, 0.25) is 0 Å². The first-order chi connectivity index (χ1) is 8.19. The van der Waals surface area contributed by atoms with Gasteiger partial charge in [0.25, 0.3) is 0 Å². The van der Waals surface area contributed by atoms with Crippen molar-refractivity contribution in [3.8, 4) is 5.75 Å². The second-order valence-corrected chi connectivity index (χ2v) is 4.74. The fraction of sp³-hybridized carbons (Fsp3) is 0.500. The molecule has 1 fully saturated rings. The van der Waals surface area contributed by atoms with Crippen molar-refractivity contribution < 1.29 is 9.53 Å². The molecule has 0 saturated heterocycles. The largest absolute Gasteiger partial charge is 0.497 e. The Hall–Kier alpha value is -1.51. The van der Waals surface area contributed by atoms with Crippen LogP contribution >= 0.6 is 0 Å². The standard InChI is InChI=1S/C14H19NO2/c1-17-12-7-5-6-11(10-12)14(13(15)16)8-3-2-4-9-14/h5-7,10H,2-4,8-9H2,1H3,(H2,15,16). The number of hydrogen-bond donors (Lipinski definition) is 1. The third-order valence-electron chi connectivity index (χ3n) is 3.80. The van der Waals surface area contributed by atoms with E-state index >= 15 is 0 Å². The molecular formula is C14H19NO2. The topological polar surface area (TPSA) is 52.3 Å². The molecular weight excluding hydrogens is 214 g/mol. The van der Waals surface area contributed by atoms with E-state index in [1.807, 2.05) is 24.3 Å². The Balaban J connectivity index is 2.41. The minimum atomic E-state index is -0.479. The molecule has 17 heavy (non-hydrogen) atoms. The van der Waals surface area contributed by atoms with Crippen LogP contribution in [0, 0.1) is 0 Å². The van der Waals surface area contributed by atoms with Crippen LogP contribution in [-0.2, 0) is 10.2 Å². The van der Waals surface area contributed by atoms with Crippen molar-refractivity contribution in [2.45, 2.75) is 37.5 Å². The molecule has 0 aliphatic heterocycles. The second-order valence-electron chi connectivity index (χ2n) is 4.74. The monoisotopic (exact) mass is 233 g/mol. The average Bonchev–Trinajstić information content (AvgIpc) is 2.39. The van der Waals surface area contributed by atoms with E-state index in [4.69, 9.17) is 10.5 Å². The highest BCUT2D eigenvalue weighted by molar-refractivity contribution is 5.87. The van der Waals surface area contributed by atoms with E-state index in [0.717, 1.165) is 37.0 Å². The van der Waals surface area contributed by atoms with Gasteiger partial charge in [-0.25, -0.2) is 0 Å². The molecule has 1 aliphatic carbocycles. The highest BCUT2D eigenvalue weighted by Crippen LogP contribution is 2.40. The molecule has 0 heterocycles. The fourth-order valence-corrected chi connectivity index (χ4v) is 2.75. The van der Waals surface area contributed by atoms with Gasteiger partial charge in [-0.1, -0.05) is 31.4 Å². The maximum Gasteiger partial charge on any atom is 0.228 e. The van der Waals surface area contributed by atoms with E-state index in [9.17, 15) is 4.79 Å². The van der Waals surface area contributed by atoms with Gasteiger partial charge in [-0.2, -0.15) is 0 Å². The molecule has 1 saturated carbocycles. The number of carbonyl (C=O) groups excluding carboxylic acids is 1. The summed E-state index contributed by atoms with van der Waals surface area (Å²) in [7, 11) is 1.64. The Morgan fingerprint density at radius 1 is 1.29 bits per heavy atom. The van der Waals surface area contributed by atoms with Gasteiger partial charge in [0.15, 0.2) is 0 Å². The number of benzene rings is 1. The van der Waals surface area contributed by atoms with Gasteiger partial charge in [-0.05, 0) is 30.5 Å². The first-order valence-corrected chi connectivity index (χ1v) is 6.13. The molecule has 2 rings (SSSR count). The number of rotatable bonds is 3. The van der Waals surface area contributed by atoms with Crippen molar-refractivity contribution in [3.63, 3.8) is 0 Å². The van der Waals surface area contributed by atoms with E-state index < -0.39 is 5.41 Å². The number of carbonyl (C=O) groups is 1. The third kappa shape index (κ3) is 2.14. The summed E-state index contributed by atoms with van der Waals surface area (Å²) in [5.74, 6) is 0.583. The zero-order valence-corrected chi connectivity index (χ0v) is 10.2. The maximum absolute atomic E-state index is 11.9. The number of primary amides is 1. The highest BCUT2D eigenvalue weighted by atomic mass is 16.5. The lowest BCUT2D eigenvalue weighted by Gasteiger charge is -2.34. The quantitative estimate of drug-likeness (QED) is 0.871. The lowest BCUT2D eigenvalue weighted by molar-refractivity contribution is -0.124. The molecule has 1 aromatic rings. The molecule has 0 bridgehead atoms. The molecule has 92 valence electrons. The third-order valence-corrected chi connectivity index (χ3v) is 3.80. The van der Waals surface area contributed by atoms with Crippen molar-refractivity contribution in [2.75, 3.05) is 7.11 Å². The van der Waals surface area contributed by atoms with Gasteiger partial charge in [-0.15, -0.1) is 0 Å². The average molecular weight is 233 g/mol. The van der Waals surface area contributed by atoms with Gasteiger partial charge >= 0.3 is 0 Å². The molecule has 1 amide bonds. The molecule has 0 aromatic heterocycles. The van der Waals surface area contributed by atoms with Crippen LogP contribution < -0.4 is 10.5 Å². The Bertz CT molecular complexity index is 408. The number of methoxy groups -OCH3 is 1. The summed E-state index contributed by atoms with van der Waals surface area (Å²) < 4.78 is 5.22. The van der Waals surface area contributed by atoms with Gasteiger partial charge in [0.2, 0.25) is 5.91 Å². The summed E-state index contributed by atoms with van der Waals surface area (Å²) in [6.07, 6.45) is 5.05. The van der Waals surface area contributed by atoms with E-state index in [0.29, 0.717) is 0 Å². The van der Waals surface area contributed by atoms with Gasteiger partial charge in [0.05, 0.1) is 12.5 Å². The summed E-state index contributed by atoms with van der Waals surface area (Å²) >= 11 is 0. The van der Waals surface area contributed by atoms with Gasteiger partial charge < -0.3 is 10.5 Å². The van der Waals surface area contributed by atoms with Crippen molar-refractivity contribution in [1.82, 2.24) is 0 Å². The molecule has 1 aromatic carbocycles. The maximum atomic E-state index is 11.9. The van der Waals surface area contributed by atoms with Crippen LogP contribution in [0.5, 0.6) is 5.75 Å². The van der Waals surface area contributed by atoms with Crippen LogP contribution in [0.3, 0.4) is 0 Å². The molecule has 3 heteroatoms. The predicted molar refractivity (Wildman–Crippen MR) is 67.0 cm³/mol. The lowest BCUT2D eigenvalue weighted by Crippen LogP contribution is -2.42. The molecule has 1 aliphatic rings. The number of amides is 1. The number of hydrogen-bond acceptors (Lipinski definition) is 2. The Labute approximate surface area is 102 Å². The van der Waals surface area contributed by atoms with Crippen molar-refractivity contribution in [1.29, 1.82) is 0 Å². The van der Waals surface area contributed by atoms with Crippen molar-refractivity contribution >= 4 is 5.91 Å². The summed E-state index contributed by atoms with van der Waals surface area (Å²) in [5, 5.41) is 0. The van der Waals surface area contributed by atoms with Crippen LogP contribution in [0.1, 0.15) is 37.7 Å². The molecule has 2 N–H and O–H groups in total. The SMILES string of the molecule is COc1cccc(C2(C(N)=O)CCCCC2)c1. The van der Waals surface area contributed by atoms with E-state index in [1.54, 1.807) is 7.11 Å².